The Balaban J connectivity index is 1.27. The number of benzene rings is 2. The summed E-state index contributed by atoms with van der Waals surface area (Å²) < 4.78 is 27.2. The maximum Gasteiger partial charge on any atom is 0.361 e. The van der Waals surface area contributed by atoms with Gasteiger partial charge in [-0.1, -0.05) is 24.3 Å². The number of hydrogen-bond acceptors (Lipinski definition) is 8. The lowest BCUT2D eigenvalue weighted by atomic mass is 9.73. The van der Waals surface area contributed by atoms with Crippen molar-refractivity contribution in [2.45, 2.75) is 31.2 Å². The second kappa shape index (κ2) is 11.1. The fraction of sp³-hybridized carbons (Fsp3) is 0.294. The predicted octanol–water partition coefficient (Wildman–Crippen LogP) is 4.57. The average Bonchev–Trinajstić information content (AvgIpc) is 3.64. The number of pyridine rings is 2. The number of fused-ring (bicyclic) bond motifs is 1. The molecule has 1 aliphatic carbocycles. The fourth-order valence-electron chi connectivity index (χ4n) is 6.35. The lowest BCUT2D eigenvalue weighted by Gasteiger charge is -2.38. The molecule has 1 saturated carbocycles. The first-order chi connectivity index (χ1) is 21.6. The average molecular weight is 622 g/mol. The molecule has 1 unspecified atom stereocenters. The summed E-state index contributed by atoms with van der Waals surface area (Å²) in [5.41, 5.74) is 19.9. The molecular formula is C34H37N8O2S+. The second-order valence-corrected chi connectivity index (χ2v) is 14.3. The van der Waals surface area contributed by atoms with Gasteiger partial charge in [0.1, 0.15) is 11.3 Å². The Morgan fingerprint density at radius 3 is 2.51 bits per heavy atom. The maximum atomic E-state index is 11.9. The molecule has 1 saturated heterocycles. The Labute approximate surface area is 263 Å². The monoisotopic (exact) mass is 621 g/mol. The molecule has 2 aliphatic rings. The molecule has 1 aliphatic heterocycles. The molecule has 0 radical (unpaired) electrons. The van der Waals surface area contributed by atoms with Crippen LogP contribution in [0.2, 0.25) is 0 Å². The van der Waals surface area contributed by atoms with Gasteiger partial charge in [0.2, 0.25) is 0 Å². The minimum Gasteiger partial charge on any atom is -0.383 e. The zero-order valence-electron chi connectivity index (χ0n) is 25.5. The van der Waals surface area contributed by atoms with Crippen LogP contribution in [0.3, 0.4) is 0 Å². The van der Waals surface area contributed by atoms with Crippen molar-refractivity contribution in [3.63, 3.8) is 0 Å². The number of hydrogen-bond donors (Lipinski definition) is 2. The first-order valence-electron chi connectivity index (χ1n) is 15.2. The number of nitrogens with zero attached hydrogens (tertiary/aromatic N) is 6. The minimum absolute atomic E-state index is 0.153. The number of nitrogen functional groups attached to an aromatic ring is 1. The normalized spacial score (nSPS) is 18.3. The van der Waals surface area contributed by atoms with Crippen LogP contribution in [-0.4, -0.2) is 64.5 Å². The van der Waals surface area contributed by atoms with E-state index in [4.69, 9.17) is 21.4 Å². The molecule has 3 aromatic heterocycles. The Morgan fingerprint density at radius 1 is 1.00 bits per heavy atom. The fourth-order valence-corrected chi connectivity index (χ4v) is 6.74. The van der Waals surface area contributed by atoms with Gasteiger partial charge in [-0.15, -0.1) is 3.98 Å². The highest BCUT2D eigenvalue weighted by Crippen LogP contribution is 2.39. The molecule has 4 N–H and O–H groups in total. The molecule has 0 spiro atoms. The van der Waals surface area contributed by atoms with Gasteiger partial charge >= 0.3 is 10.0 Å². The molecule has 0 bridgehead atoms. The van der Waals surface area contributed by atoms with Crippen LogP contribution in [0.4, 0.5) is 11.5 Å². The smallest absolute Gasteiger partial charge is 0.361 e. The molecule has 2 aromatic carbocycles. The van der Waals surface area contributed by atoms with E-state index in [0.717, 1.165) is 83.7 Å². The van der Waals surface area contributed by atoms with E-state index in [9.17, 15) is 8.42 Å². The van der Waals surface area contributed by atoms with Gasteiger partial charge in [-0.05, 0) is 79.8 Å². The van der Waals surface area contributed by atoms with Crippen LogP contribution >= 0.6 is 0 Å². The van der Waals surface area contributed by atoms with Crippen molar-refractivity contribution in [3.05, 3.63) is 84.6 Å². The number of sulfonamides is 1. The zero-order chi connectivity index (χ0) is 31.3. The van der Waals surface area contributed by atoms with Gasteiger partial charge in [-0.25, -0.2) is 15.0 Å². The van der Waals surface area contributed by atoms with Gasteiger partial charge < -0.3 is 16.4 Å². The van der Waals surface area contributed by atoms with Gasteiger partial charge in [0.05, 0.1) is 23.4 Å². The van der Waals surface area contributed by atoms with Gasteiger partial charge in [0, 0.05) is 41.8 Å². The van der Waals surface area contributed by atoms with Crippen LogP contribution in [0.25, 0.3) is 39.5 Å². The quantitative estimate of drug-likeness (QED) is 0.199. The summed E-state index contributed by atoms with van der Waals surface area (Å²) in [5.74, 6) is 1.23. The molecule has 4 heterocycles. The number of rotatable bonds is 7. The maximum absolute atomic E-state index is 11.9. The number of aromatic nitrogens is 4. The molecule has 45 heavy (non-hydrogen) atoms. The van der Waals surface area contributed by atoms with Crippen LogP contribution in [0, 0.1) is 5.92 Å². The third-order valence-corrected chi connectivity index (χ3v) is 10.4. The largest absolute Gasteiger partial charge is 0.383 e. The molecule has 5 aromatic rings. The van der Waals surface area contributed by atoms with Crippen molar-refractivity contribution < 1.29 is 12.4 Å². The van der Waals surface area contributed by atoms with Crippen LogP contribution in [0.1, 0.15) is 31.2 Å². The molecular weight excluding hydrogens is 584 g/mol. The van der Waals surface area contributed by atoms with E-state index in [1.165, 1.54) is 10.2 Å². The highest BCUT2D eigenvalue weighted by molar-refractivity contribution is 7.84. The summed E-state index contributed by atoms with van der Waals surface area (Å²) in [6.07, 6.45) is 8.75. The first kappa shape index (κ1) is 29.1. The Hall–Kier alpha value is -4.61. The highest BCUT2D eigenvalue weighted by atomic mass is 32.2. The van der Waals surface area contributed by atoms with Crippen LogP contribution in [-0.2, 0) is 15.6 Å². The molecule has 230 valence electrons. The predicted molar refractivity (Wildman–Crippen MR) is 179 cm³/mol. The second-order valence-electron chi connectivity index (χ2n) is 12.3. The lowest BCUT2D eigenvalue weighted by Crippen LogP contribution is -2.43. The Morgan fingerprint density at radius 2 is 1.80 bits per heavy atom. The number of nitrogens with two attached hydrogens (primary N) is 2. The van der Waals surface area contributed by atoms with Crippen molar-refractivity contribution in [2.75, 3.05) is 37.0 Å². The van der Waals surface area contributed by atoms with E-state index in [0.29, 0.717) is 11.6 Å². The number of imidazole rings is 1. The summed E-state index contributed by atoms with van der Waals surface area (Å²) in [6.45, 7) is 1.59. The van der Waals surface area contributed by atoms with Crippen LogP contribution in [0.5, 0.6) is 0 Å². The third-order valence-electron chi connectivity index (χ3n) is 9.21. The lowest BCUT2D eigenvalue weighted by molar-refractivity contribution is -0.323. The zero-order valence-corrected chi connectivity index (χ0v) is 26.3. The van der Waals surface area contributed by atoms with E-state index >= 15 is 0 Å². The van der Waals surface area contributed by atoms with Crippen molar-refractivity contribution in [1.29, 1.82) is 0 Å². The Bertz CT molecular complexity index is 2050. The minimum atomic E-state index is -3.25. The topological polar surface area (TPSA) is 136 Å². The van der Waals surface area contributed by atoms with E-state index < -0.39 is 10.0 Å². The standard InChI is InChI=1S/C34H37N8O2S/c1-40(45(2,43)44)21-23-15-19-41(22-23)27-7-3-6-24(20-27)29-13-14-30-33(38-29)42(32(39-30)28-8-4-18-37-31(28)35)26-11-9-25(10-12-26)34(36)16-5-17-34/h3-4,6-14,18,20-21,23H,5,15-17,19,22,36H2,1-2H3,(H2,35,37)/q+1/b40-21+. The molecule has 10 nitrogen and oxygen atoms in total. The van der Waals surface area contributed by atoms with Crippen molar-refractivity contribution >= 4 is 38.9 Å². The molecule has 0 amide bonds. The van der Waals surface area contributed by atoms with Gasteiger partial charge in [0.15, 0.2) is 24.7 Å². The summed E-state index contributed by atoms with van der Waals surface area (Å²) in [4.78, 5) is 16.8. The third kappa shape index (κ3) is 5.46. The van der Waals surface area contributed by atoms with E-state index in [1.54, 1.807) is 13.2 Å². The number of anilines is 2. The van der Waals surface area contributed by atoms with E-state index in [1.807, 2.05) is 41.1 Å². The van der Waals surface area contributed by atoms with Crippen LogP contribution in [0.15, 0.2) is 79.0 Å². The molecule has 1 atom stereocenters. The molecule has 11 heteroatoms. The summed E-state index contributed by atoms with van der Waals surface area (Å²) >= 11 is 0. The van der Waals surface area contributed by atoms with Gasteiger partial charge in [-0.2, -0.15) is 8.42 Å². The summed E-state index contributed by atoms with van der Waals surface area (Å²) in [6, 6.07) is 24.5. The first-order valence-corrected chi connectivity index (χ1v) is 17.1. The van der Waals surface area contributed by atoms with Gasteiger partial charge in [0.25, 0.3) is 0 Å². The Kier molecular flexibility index (Phi) is 7.17. The summed E-state index contributed by atoms with van der Waals surface area (Å²) in [7, 11) is -1.66. The van der Waals surface area contributed by atoms with Crippen LogP contribution < -0.4 is 16.4 Å². The SMILES string of the molecule is C/[N+](=C\C1CCN(c2cccc(-c3ccc4nc(-c5cccnc5N)n(-c5ccc(C6(N)CCC6)cc5)c4n3)c2)C1)S(C)(=O)=O. The molecule has 7 rings (SSSR count). The van der Waals surface area contributed by atoms with Gasteiger partial charge in [-0.3, -0.25) is 4.57 Å². The van der Waals surface area contributed by atoms with Crippen molar-refractivity contribution in [1.82, 2.24) is 19.5 Å². The molecule has 2 fully saturated rings. The van der Waals surface area contributed by atoms with Crippen molar-refractivity contribution in [2.24, 2.45) is 11.7 Å². The van der Waals surface area contributed by atoms with E-state index in [2.05, 4.69) is 52.3 Å². The van der Waals surface area contributed by atoms with E-state index in [-0.39, 0.29) is 11.5 Å². The van der Waals surface area contributed by atoms with Crippen molar-refractivity contribution in [3.8, 4) is 28.3 Å². The highest BCUT2D eigenvalue weighted by Gasteiger charge is 2.34. The summed E-state index contributed by atoms with van der Waals surface area (Å²) in [5, 5.41) is 0.